The minimum Gasteiger partial charge on any atom is -0.496 e. The van der Waals surface area contributed by atoms with E-state index in [1.807, 2.05) is 19.9 Å². The zero-order valence-corrected chi connectivity index (χ0v) is 11.2. The molecule has 94 valence electrons. The van der Waals surface area contributed by atoms with Gasteiger partial charge in [-0.3, -0.25) is 0 Å². The predicted molar refractivity (Wildman–Crippen MR) is 69.3 cm³/mol. The highest BCUT2D eigenvalue weighted by atomic mass is 16.5. The Kier molecular flexibility index (Phi) is 3.43. The lowest BCUT2D eigenvalue weighted by atomic mass is 9.89. The van der Waals surface area contributed by atoms with E-state index < -0.39 is 0 Å². The van der Waals surface area contributed by atoms with Gasteiger partial charge in [-0.2, -0.15) is 0 Å². The van der Waals surface area contributed by atoms with Crippen molar-refractivity contribution >= 4 is 0 Å². The molecule has 2 rings (SSSR count). The molecule has 0 amide bonds. The molecule has 0 saturated heterocycles. The quantitative estimate of drug-likeness (QED) is 0.865. The van der Waals surface area contributed by atoms with Gasteiger partial charge in [0.2, 0.25) is 0 Å². The molecule has 2 atom stereocenters. The summed E-state index contributed by atoms with van der Waals surface area (Å²) in [5, 5.41) is 10.4. The normalized spacial score (nSPS) is 18.9. The van der Waals surface area contributed by atoms with Crippen molar-refractivity contribution in [1.29, 1.82) is 0 Å². The first-order valence-corrected chi connectivity index (χ1v) is 6.37. The largest absolute Gasteiger partial charge is 0.496 e. The molecule has 2 unspecified atom stereocenters. The Labute approximate surface area is 104 Å². The van der Waals surface area contributed by atoms with Crippen LogP contribution < -0.4 is 4.74 Å². The highest BCUT2D eigenvalue weighted by Gasteiger charge is 2.33. The fourth-order valence-electron chi connectivity index (χ4n) is 2.51. The van der Waals surface area contributed by atoms with E-state index in [0.29, 0.717) is 11.8 Å². The Morgan fingerprint density at radius 1 is 1.24 bits per heavy atom. The molecule has 0 aliphatic heterocycles. The number of aliphatic hydroxyl groups excluding tert-OH is 1. The van der Waals surface area contributed by atoms with Crippen LogP contribution in [0.4, 0.5) is 0 Å². The fraction of sp³-hybridized carbons (Fsp3) is 0.600. The number of methoxy groups -OCH3 is 1. The number of benzene rings is 1. The molecule has 1 aliphatic carbocycles. The van der Waals surface area contributed by atoms with Crippen LogP contribution in [0, 0.1) is 25.7 Å². The van der Waals surface area contributed by atoms with Crippen LogP contribution in [0.5, 0.6) is 5.75 Å². The van der Waals surface area contributed by atoms with Crippen LogP contribution in [0.1, 0.15) is 42.6 Å². The molecule has 2 nitrogen and oxygen atoms in total. The summed E-state index contributed by atoms with van der Waals surface area (Å²) in [6.45, 7) is 6.22. The van der Waals surface area contributed by atoms with Gasteiger partial charge in [0, 0.05) is 0 Å². The third kappa shape index (κ3) is 2.47. The van der Waals surface area contributed by atoms with Crippen LogP contribution in [0.15, 0.2) is 12.1 Å². The highest BCUT2D eigenvalue weighted by molar-refractivity contribution is 5.42. The van der Waals surface area contributed by atoms with Crippen LogP contribution in [0.25, 0.3) is 0 Å². The third-order valence-corrected chi connectivity index (χ3v) is 3.97. The van der Waals surface area contributed by atoms with Crippen LogP contribution in [-0.4, -0.2) is 12.2 Å². The smallest absolute Gasteiger partial charge is 0.122 e. The second-order valence-corrected chi connectivity index (χ2v) is 5.32. The lowest BCUT2D eigenvalue weighted by Crippen LogP contribution is -2.12. The van der Waals surface area contributed by atoms with E-state index in [1.165, 1.54) is 12.8 Å². The maximum absolute atomic E-state index is 10.4. The van der Waals surface area contributed by atoms with Gasteiger partial charge in [0.25, 0.3) is 0 Å². The Morgan fingerprint density at radius 3 is 2.41 bits per heavy atom. The third-order valence-electron chi connectivity index (χ3n) is 3.97. The zero-order valence-electron chi connectivity index (χ0n) is 11.2. The van der Waals surface area contributed by atoms with Crippen molar-refractivity contribution in [3.8, 4) is 5.75 Å². The Balaban J connectivity index is 2.28. The lowest BCUT2D eigenvalue weighted by Gasteiger charge is -2.22. The second-order valence-electron chi connectivity index (χ2n) is 5.32. The molecule has 1 aliphatic rings. The van der Waals surface area contributed by atoms with Crippen LogP contribution in [0.2, 0.25) is 0 Å². The van der Waals surface area contributed by atoms with Gasteiger partial charge < -0.3 is 9.84 Å². The van der Waals surface area contributed by atoms with Gasteiger partial charge in [-0.05, 0) is 67.3 Å². The summed E-state index contributed by atoms with van der Waals surface area (Å²) in [6, 6.07) is 4.09. The van der Waals surface area contributed by atoms with E-state index >= 15 is 0 Å². The molecule has 0 bridgehead atoms. The van der Waals surface area contributed by atoms with Gasteiger partial charge >= 0.3 is 0 Å². The standard InChI is InChI=1S/C15H22O2/c1-9-8-14(17-4)10(2)7-13(9)15(16)11(3)12-5-6-12/h7-8,11-12,15-16H,5-6H2,1-4H3. The molecule has 1 aromatic carbocycles. The van der Waals surface area contributed by atoms with Crippen molar-refractivity contribution in [2.45, 2.75) is 39.7 Å². The lowest BCUT2D eigenvalue weighted by molar-refractivity contribution is 0.105. The van der Waals surface area contributed by atoms with Crippen LogP contribution in [0.3, 0.4) is 0 Å². The molecule has 0 heterocycles. The highest BCUT2D eigenvalue weighted by Crippen LogP contribution is 2.43. The van der Waals surface area contributed by atoms with E-state index in [-0.39, 0.29) is 6.10 Å². The van der Waals surface area contributed by atoms with E-state index in [4.69, 9.17) is 4.74 Å². The molecule has 1 N–H and O–H groups in total. The van der Waals surface area contributed by atoms with Gasteiger partial charge in [-0.15, -0.1) is 0 Å². The molecular weight excluding hydrogens is 212 g/mol. The van der Waals surface area contributed by atoms with Gasteiger partial charge in [0.1, 0.15) is 5.75 Å². The molecule has 17 heavy (non-hydrogen) atoms. The number of rotatable bonds is 4. The molecule has 2 heteroatoms. The molecule has 1 aromatic rings. The SMILES string of the molecule is COc1cc(C)c(C(O)C(C)C2CC2)cc1C. The van der Waals surface area contributed by atoms with Crippen molar-refractivity contribution < 1.29 is 9.84 Å². The number of ether oxygens (including phenoxy) is 1. The second kappa shape index (κ2) is 4.69. The minimum atomic E-state index is -0.341. The Hall–Kier alpha value is -1.02. The first-order chi connectivity index (χ1) is 8.04. The minimum absolute atomic E-state index is 0.341. The van der Waals surface area contributed by atoms with E-state index in [1.54, 1.807) is 7.11 Å². The number of hydrogen-bond donors (Lipinski definition) is 1. The zero-order chi connectivity index (χ0) is 12.6. The van der Waals surface area contributed by atoms with Crippen LogP contribution in [-0.2, 0) is 0 Å². The van der Waals surface area contributed by atoms with Gasteiger partial charge in [-0.1, -0.05) is 6.92 Å². The van der Waals surface area contributed by atoms with Crippen molar-refractivity contribution in [2.75, 3.05) is 7.11 Å². The van der Waals surface area contributed by atoms with Gasteiger partial charge in [0.15, 0.2) is 0 Å². The molecule has 1 fully saturated rings. The molecule has 1 saturated carbocycles. The topological polar surface area (TPSA) is 29.5 Å². The van der Waals surface area contributed by atoms with Crippen molar-refractivity contribution in [3.63, 3.8) is 0 Å². The monoisotopic (exact) mass is 234 g/mol. The van der Waals surface area contributed by atoms with E-state index in [0.717, 1.165) is 22.4 Å². The summed E-state index contributed by atoms with van der Waals surface area (Å²) in [4.78, 5) is 0. The number of aryl methyl sites for hydroxylation is 2. The average molecular weight is 234 g/mol. The maximum atomic E-state index is 10.4. The summed E-state index contributed by atoms with van der Waals surface area (Å²) in [6.07, 6.45) is 2.20. The molecule has 0 radical (unpaired) electrons. The summed E-state index contributed by atoms with van der Waals surface area (Å²) < 4.78 is 5.30. The van der Waals surface area contributed by atoms with Crippen LogP contribution >= 0.6 is 0 Å². The summed E-state index contributed by atoms with van der Waals surface area (Å²) >= 11 is 0. The number of hydrogen-bond acceptors (Lipinski definition) is 2. The van der Waals surface area contributed by atoms with Gasteiger partial charge in [-0.25, -0.2) is 0 Å². The summed E-state index contributed by atoms with van der Waals surface area (Å²) in [7, 11) is 1.69. The summed E-state index contributed by atoms with van der Waals surface area (Å²) in [5.41, 5.74) is 3.27. The van der Waals surface area contributed by atoms with Gasteiger partial charge in [0.05, 0.1) is 13.2 Å². The summed E-state index contributed by atoms with van der Waals surface area (Å²) in [5.74, 6) is 1.98. The van der Waals surface area contributed by atoms with E-state index in [2.05, 4.69) is 13.0 Å². The molecule has 0 aromatic heterocycles. The number of aliphatic hydroxyl groups is 1. The molecular formula is C15H22O2. The predicted octanol–water partition coefficient (Wildman–Crippen LogP) is 3.39. The van der Waals surface area contributed by atoms with Crippen molar-refractivity contribution in [1.82, 2.24) is 0 Å². The van der Waals surface area contributed by atoms with Crippen molar-refractivity contribution in [3.05, 3.63) is 28.8 Å². The van der Waals surface area contributed by atoms with E-state index in [9.17, 15) is 5.11 Å². The molecule has 0 spiro atoms. The first-order valence-electron chi connectivity index (χ1n) is 6.37. The fourth-order valence-corrected chi connectivity index (χ4v) is 2.51. The maximum Gasteiger partial charge on any atom is 0.122 e. The Bertz CT molecular complexity index is 408. The average Bonchev–Trinajstić information content (AvgIpc) is 3.13. The Morgan fingerprint density at radius 2 is 1.88 bits per heavy atom. The first kappa shape index (κ1) is 12.4. The van der Waals surface area contributed by atoms with Crippen molar-refractivity contribution in [2.24, 2.45) is 11.8 Å².